The molecule has 0 bridgehead atoms. The van der Waals surface area contributed by atoms with Crippen LogP contribution in [0.1, 0.15) is 25.0 Å². The lowest BCUT2D eigenvalue weighted by Crippen LogP contribution is -2.39. The Balaban J connectivity index is 0.00000242. The van der Waals surface area contributed by atoms with E-state index in [1.54, 1.807) is 0 Å². The van der Waals surface area contributed by atoms with Gasteiger partial charge in [0.25, 0.3) is 0 Å². The smallest absolute Gasteiger partial charge is 0.244 e. The second kappa shape index (κ2) is 8.97. The van der Waals surface area contributed by atoms with Crippen LogP contribution >= 0.6 is 24.0 Å². The molecule has 2 rings (SSSR count). The Morgan fingerprint density at radius 1 is 1.36 bits per heavy atom. The summed E-state index contributed by atoms with van der Waals surface area (Å²) in [7, 11) is 0. The van der Waals surface area contributed by atoms with Crippen molar-refractivity contribution in [2.75, 3.05) is 19.6 Å². The molecule has 1 aliphatic rings. The molecule has 0 aromatic heterocycles. The number of aliphatic imine (C=N–C) groups is 1. The van der Waals surface area contributed by atoms with Crippen molar-refractivity contribution in [1.82, 2.24) is 10.2 Å². The van der Waals surface area contributed by atoms with Crippen molar-refractivity contribution in [2.24, 2.45) is 16.6 Å². The van der Waals surface area contributed by atoms with Crippen molar-refractivity contribution >= 4 is 35.8 Å². The first-order chi connectivity index (χ1) is 10.1. The Morgan fingerprint density at radius 3 is 2.73 bits per heavy atom. The molecule has 0 saturated carbocycles. The van der Waals surface area contributed by atoms with E-state index in [9.17, 15) is 4.79 Å². The molecular formula is C16H25IN4O. The van der Waals surface area contributed by atoms with E-state index in [-0.39, 0.29) is 36.4 Å². The van der Waals surface area contributed by atoms with Crippen LogP contribution in [0.15, 0.2) is 29.3 Å². The molecule has 3 N–H and O–H groups in total. The minimum Gasteiger partial charge on any atom is -0.370 e. The number of halogens is 1. The van der Waals surface area contributed by atoms with Gasteiger partial charge in [0, 0.05) is 19.6 Å². The molecule has 1 aliphatic heterocycles. The second-order valence-corrected chi connectivity index (χ2v) is 5.81. The topological polar surface area (TPSA) is 70.7 Å². The van der Waals surface area contributed by atoms with Crippen LogP contribution in [0.4, 0.5) is 0 Å². The van der Waals surface area contributed by atoms with Crippen LogP contribution in [0.3, 0.4) is 0 Å². The fourth-order valence-corrected chi connectivity index (χ4v) is 2.33. The van der Waals surface area contributed by atoms with Crippen molar-refractivity contribution in [2.45, 2.75) is 26.8 Å². The number of hydrogen-bond acceptors (Lipinski definition) is 2. The van der Waals surface area contributed by atoms with E-state index >= 15 is 0 Å². The molecule has 0 saturated heterocycles. The summed E-state index contributed by atoms with van der Waals surface area (Å²) in [6.07, 6.45) is 0.909. The van der Waals surface area contributed by atoms with E-state index in [1.165, 1.54) is 11.1 Å². The molecular weight excluding hydrogens is 391 g/mol. The Kier molecular flexibility index (Phi) is 7.64. The second-order valence-electron chi connectivity index (χ2n) is 5.81. The standard InChI is InChI=1S/C16H24N4O.HI/c1-12(2)9-18-16(17)19-10-15(21)20-8-7-13-5-3-4-6-14(13)11-20;/h3-6,12H,7-11H2,1-2H3,(H3,17,18,19);1H. The number of amides is 1. The minimum atomic E-state index is 0. The van der Waals surface area contributed by atoms with E-state index in [4.69, 9.17) is 5.73 Å². The molecule has 6 heteroatoms. The lowest BCUT2D eigenvalue weighted by atomic mass is 10.00. The molecule has 0 spiro atoms. The van der Waals surface area contributed by atoms with Gasteiger partial charge in [-0.15, -0.1) is 24.0 Å². The molecule has 0 aliphatic carbocycles. The third kappa shape index (κ3) is 5.47. The lowest BCUT2D eigenvalue weighted by Gasteiger charge is -2.28. The fraction of sp³-hybridized carbons (Fsp3) is 0.500. The SMILES string of the molecule is CC(C)CNC(N)=NCC(=O)N1CCc2ccccc2C1.I. The molecule has 22 heavy (non-hydrogen) atoms. The molecule has 0 fully saturated rings. The maximum Gasteiger partial charge on any atom is 0.244 e. The van der Waals surface area contributed by atoms with E-state index < -0.39 is 0 Å². The third-order valence-corrected chi connectivity index (χ3v) is 3.56. The van der Waals surface area contributed by atoms with Gasteiger partial charge in [0.1, 0.15) is 6.54 Å². The molecule has 0 radical (unpaired) electrons. The molecule has 122 valence electrons. The zero-order valence-corrected chi connectivity index (χ0v) is 15.5. The molecule has 0 unspecified atom stereocenters. The first-order valence-electron chi connectivity index (χ1n) is 7.44. The Morgan fingerprint density at radius 2 is 2.05 bits per heavy atom. The van der Waals surface area contributed by atoms with Crippen molar-refractivity contribution in [3.05, 3.63) is 35.4 Å². The van der Waals surface area contributed by atoms with Crippen LogP contribution in [0, 0.1) is 5.92 Å². The Labute approximate surface area is 149 Å². The summed E-state index contributed by atoms with van der Waals surface area (Å²) >= 11 is 0. The highest BCUT2D eigenvalue weighted by Gasteiger charge is 2.19. The van der Waals surface area contributed by atoms with Gasteiger partial charge in [-0.3, -0.25) is 4.79 Å². The van der Waals surface area contributed by atoms with Crippen molar-refractivity contribution < 1.29 is 4.79 Å². The maximum atomic E-state index is 12.2. The first-order valence-corrected chi connectivity index (χ1v) is 7.44. The summed E-state index contributed by atoms with van der Waals surface area (Å²) < 4.78 is 0. The van der Waals surface area contributed by atoms with Crippen LogP contribution in [0.5, 0.6) is 0 Å². The summed E-state index contributed by atoms with van der Waals surface area (Å²) in [5, 5.41) is 3.01. The van der Waals surface area contributed by atoms with Crippen LogP contribution in [-0.2, 0) is 17.8 Å². The van der Waals surface area contributed by atoms with Gasteiger partial charge in [-0.2, -0.15) is 0 Å². The van der Waals surface area contributed by atoms with Crippen LogP contribution in [0.2, 0.25) is 0 Å². The van der Waals surface area contributed by atoms with E-state index in [1.807, 2.05) is 17.0 Å². The van der Waals surface area contributed by atoms with Gasteiger partial charge in [0.15, 0.2) is 5.96 Å². The van der Waals surface area contributed by atoms with Gasteiger partial charge in [-0.25, -0.2) is 4.99 Å². The lowest BCUT2D eigenvalue weighted by molar-refractivity contribution is -0.130. The Hall–Kier alpha value is -1.31. The van der Waals surface area contributed by atoms with E-state index in [0.717, 1.165) is 19.5 Å². The van der Waals surface area contributed by atoms with Gasteiger partial charge in [0.05, 0.1) is 0 Å². The summed E-state index contributed by atoms with van der Waals surface area (Å²) in [5.41, 5.74) is 8.31. The summed E-state index contributed by atoms with van der Waals surface area (Å²) in [6.45, 7) is 6.49. The normalized spacial score (nSPS) is 14.3. The number of fused-ring (bicyclic) bond motifs is 1. The Bertz CT molecular complexity index is 531. The highest BCUT2D eigenvalue weighted by Crippen LogP contribution is 2.18. The number of rotatable bonds is 4. The predicted molar refractivity (Wildman–Crippen MR) is 100 cm³/mol. The van der Waals surface area contributed by atoms with Gasteiger partial charge >= 0.3 is 0 Å². The van der Waals surface area contributed by atoms with Crippen molar-refractivity contribution in [3.8, 4) is 0 Å². The zero-order valence-electron chi connectivity index (χ0n) is 13.2. The number of hydrogen-bond donors (Lipinski definition) is 2. The number of nitrogens with zero attached hydrogens (tertiary/aromatic N) is 2. The van der Waals surface area contributed by atoms with Gasteiger partial charge in [-0.05, 0) is 23.5 Å². The van der Waals surface area contributed by atoms with Gasteiger partial charge in [-0.1, -0.05) is 38.1 Å². The van der Waals surface area contributed by atoms with Gasteiger partial charge < -0.3 is 16.0 Å². The van der Waals surface area contributed by atoms with E-state index in [2.05, 4.69) is 36.3 Å². The number of benzene rings is 1. The fourth-order valence-electron chi connectivity index (χ4n) is 2.33. The first kappa shape index (κ1) is 18.7. The highest BCUT2D eigenvalue weighted by molar-refractivity contribution is 14.0. The minimum absolute atomic E-state index is 0. The molecule has 1 heterocycles. The predicted octanol–water partition coefficient (Wildman–Crippen LogP) is 1.75. The maximum absolute atomic E-state index is 12.2. The van der Waals surface area contributed by atoms with Crippen LogP contribution in [0.25, 0.3) is 0 Å². The number of carbonyl (C=O) groups excluding carboxylic acids is 1. The number of carbonyl (C=O) groups is 1. The molecule has 1 amide bonds. The van der Waals surface area contributed by atoms with Crippen molar-refractivity contribution in [3.63, 3.8) is 0 Å². The summed E-state index contributed by atoms with van der Waals surface area (Å²) in [5.74, 6) is 0.862. The third-order valence-electron chi connectivity index (χ3n) is 3.56. The number of nitrogens with two attached hydrogens (primary N) is 1. The molecule has 5 nitrogen and oxygen atoms in total. The van der Waals surface area contributed by atoms with Crippen LogP contribution < -0.4 is 11.1 Å². The van der Waals surface area contributed by atoms with Gasteiger partial charge in [0.2, 0.25) is 5.91 Å². The zero-order chi connectivity index (χ0) is 15.2. The quantitative estimate of drug-likeness (QED) is 0.447. The van der Waals surface area contributed by atoms with E-state index in [0.29, 0.717) is 18.4 Å². The largest absolute Gasteiger partial charge is 0.370 e. The summed E-state index contributed by atoms with van der Waals surface area (Å²) in [6, 6.07) is 8.26. The average Bonchev–Trinajstić information content (AvgIpc) is 2.50. The van der Waals surface area contributed by atoms with Crippen LogP contribution in [-0.4, -0.2) is 36.4 Å². The summed E-state index contributed by atoms with van der Waals surface area (Å²) in [4.78, 5) is 18.2. The molecule has 1 aromatic rings. The number of guanidine groups is 1. The van der Waals surface area contributed by atoms with Crippen molar-refractivity contribution in [1.29, 1.82) is 0 Å². The monoisotopic (exact) mass is 416 g/mol. The average molecular weight is 416 g/mol. The molecule has 0 atom stereocenters. The number of nitrogens with one attached hydrogen (secondary N) is 1. The molecule has 1 aromatic carbocycles. The highest BCUT2D eigenvalue weighted by atomic mass is 127.